The summed E-state index contributed by atoms with van der Waals surface area (Å²) < 4.78 is 25.5. The first-order chi connectivity index (χ1) is 10.0. The van der Waals surface area contributed by atoms with Gasteiger partial charge in [0.15, 0.2) is 0 Å². The summed E-state index contributed by atoms with van der Waals surface area (Å²) in [6, 6.07) is 3.35. The van der Waals surface area contributed by atoms with Crippen LogP contribution in [-0.4, -0.2) is 48.5 Å². The van der Waals surface area contributed by atoms with Gasteiger partial charge < -0.3 is 5.32 Å². The van der Waals surface area contributed by atoms with Crippen molar-refractivity contribution in [1.82, 2.24) is 14.6 Å². The lowest BCUT2D eigenvalue weighted by atomic mass is 10.1. The first kappa shape index (κ1) is 15.9. The van der Waals surface area contributed by atoms with Gasteiger partial charge in [-0.05, 0) is 31.4 Å². The summed E-state index contributed by atoms with van der Waals surface area (Å²) >= 11 is 0. The van der Waals surface area contributed by atoms with Gasteiger partial charge in [-0.25, -0.2) is 12.7 Å². The van der Waals surface area contributed by atoms with Crippen LogP contribution in [0.25, 0.3) is 0 Å². The number of sulfonamides is 1. The minimum Gasteiger partial charge on any atom is -0.349 e. The molecule has 0 saturated carbocycles. The second kappa shape index (κ2) is 7.00. The predicted octanol–water partition coefficient (Wildman–Crippen LogP) is 1.02. The Kier molecular flexibility index (Phi) is 5.30. The van der Waals surface area contributed by atoms with Gasteiger partial charge in [0.25, 0.3) is 5.91 Å². The Morgan fingerprint density at radius 1 is 1.33 bits per heavy atom. The molecule has 0 radical (unpaired) electrons. The van der Waals surface area contributed by atoms with E-state index in [9.17, 15) is 13.2 Å². The van der Waals surface area contributed by atoms with Crippen molar-refractivity contribution in [1.29, 1.82) is 0 Å². The Morgan fingerprint density at radius 2 is 1.95 bits per heavy atom. The van der Waals surface area contributed by atoms with Crippen molar-refractivity contribution in [3.8, 4) is 0 Å². The third-order valence-electron chi connectivity index (χ3n) is 3.59. The van der Waals surface area contributed by atoms with Crippen LogP contribution in [0.3, 0.4) is 0 Å². The Hall–Kier alpha value is -1.47. The molecule has 0 bridgehead atoms. The van der Waals surface area contributed by atoms with Gasteiger partial charge >= 0.3 is 0 Å². The second-order valence-electron chi connectivity index (χ2n) is 5.20. The molecule has 0 spiro atoms. The maximum atomic E-state index is 12.0. The molecule has 1 aliphatic heterocycles. The fourth-order valence-electron chi connectivity index (χ4n) is 2.44. The molecule has 1 saturated heterocycles. The second-order valence-corrected chi connectivity index (χ2v) is 7.29. The summed E-state index contributed by atoms with van der Waals surface area (Å²) in [5.74, 6) is 0.0633. The van der Waals surface area contributed by atoms with E-state index < -0.39 is 10.0 Å². The van der Waals surface area contributed by atoms with E-state index >= 15 is 0 Å². The molecule has 1 aromatic rings. The quantitative estimate of drug-likeness (QED) is 0.880. The SMILES string of the molecule is CCCS(=O)(=O)N1CCC(NC(=O)c2ccncc2)CC1. The van der Waals surface area contributed by atoms with Gasteiger partial charge in [0.2, 0.25) is 10.0 Å². The third-order valence-corrected chi connectivity index (χ3v) is 5.66. The summed E-state index contributed by atoms with van der Waals surface area (Å²) in [6.07, 6.45) is 5.09. The molecule has 1 fully saturated rings. The summed E-state index contributed by atoms with van der Waals surface area (Å²) in [4.78, 5) is 15.9. The molecule has 1 N–H and O–H groups in total. The molecule has 116 valence electrons. The molecule has 1 aromatic heterocycles. The smallest absolute Gasteiger partial charge is 0.251 e. The highest BCUT2D eigenvalue weighted by molar-refractivity contribution is 7.89. The zero-order valence-electron chi connectivity index (χ0n) is 12.2. The number of amides is 1. The van der Waals surface area contributed by atoms with Crippen molar-refractivity contribution in [3.63, 3.8) is 0 Å². The Balaban J connectivity index is 1.86. The normalized spacial score (nSPS) is 17.6. The van der Waals surface area contributed by atoms with Crippen molar-refractivity contribution < 1.29 is 13.2 Å². The van der Waals surface area contributed by atoms with Crippen LogP contribution in [0.15, 0.2) is 24.5 Å². The van der Waals surface area contributed by atoms with E-state index in [0.29, 0.717) is 37.9 Å². The van der Waals surface area contributed by atoms with E-state index in [-0.39, 0.29) is 17.7 Å². The highest BCUT2D eigenvalue weighted by Crippen LogP contribution is 2.15. The molecule has 0 aliphatic carbocycles. The standard InChI is InChI=1S/C14H21N3O3S/c1-2-11-21(19,20)17-9-5-13(6-10-17)16-14(18)12-3-7-15-8-4-12/h3-4,7-8,13H,2,5-6,9-11H2,1H3,(H,16,18). The van der Waals surface area contributed by atoms with E-state index in [1.807, 2.05) is 6.92 Å². The lowest BCUT2D eigenvalue weighted by Crippen LogP contribution is -2.47. The molecule has 0 atom stereocenters. The number of nitrogens with one attached hydrogen (secondary N) is 1. The van der Waals surface area contributed by atoms with E-state index in [1.165, 1.54) is 4.31 Å². The number of piperidine rings is 1. The highest BCUT2D eigenvalue weighted by Gasteiger charge is 2.28. The summed E-state index contributed by atoms with van der Waals surface area (Å²) in [5, 5.41) is 2.95. The molecule has 7 heteroatoms. The number of carbonyl (C=O) groups is 1. The molecular formula is C14H21N3O3S. The maximum Gasteiger partial charge on any atom is 0.251 e. The van der Waals surface area contributed by atoms with Crippen LogP contribution in [0.5, 0.6) is 0 Å². The van der Waals surface area contributed by atoms with Crippen LogP contribution >= 0.6 is 0 Å². The van der Waals surface area contributed by atoms with Crippen LogP contribution in [0.4, 0.5) is 0 Å². The minimum absolute atomic E-state index is 0.0266. The van der Waals surface area contributed by atoms with Crippen molar-refractivity contribution in [2.24, 2.45) is 0 Å². The largest absolute Gasteiger partial charge is 0.349 e. The zero-order valence-corrected chi connectivity index (χ0v) is 13.0. The lowest BCUT2D eigenvalue weighted by molar-refractivity contribution is 0.0923. The van der Waals surface area contributed by atoms with Crippen molar-refractivity contribution in [3.05, 3.63) is 30.1 Å². The van der Waals surface area contributed by atoms with Crippen molar-refractivity contribution in [2.45, 2.75) is 32.2 Å². The minimum atomic E-state index is -3.13. The van der Waals surface area contributed by atoms with Gasteiger partial charge in [0.1, 0.15) is 0 Å². The molecule has 0 unspecified atom stereocenters. The molecule has 0 aromatic carbocycles. The van der Waals surface area contributed by atoms with E-state index in [2.05, 4.69) is 10.3 Å². The summed E-state index contributed by atoms with van der Waals surface area (Å²) in [6.45, 7) is 2.81. The number of hydrogen-bond acceptors (Lipinski definition) is 4. The van der Waals surface area contributed by atoms with Crippen molar-refractivity contribution in [2.75, 3.05) is 18.8 Å². The third kappa shape index (κ3) is 4.25. The van der Waals surface area contributed by atoms with Crippen LogP contribution in [0.1, 0.15) is 36.5 Å². The van der Waals surface area contributed by atoms with E-state index in [1.54, 1.807) is 24.5 Å². The molecule has 1 aliphatic rings. The molecule has 2 rings (SSSR count). The van der Waals surface area contributed by atoms with Crippen LogP contribution in [0, 0.1) is 0 Å². The molecule has 6 nitrogen and oxygen atoms in total. The fraction of sp³-hybridized carbons (Fsp3) is 0.571. The van der Waals surface area contributed by atoms with Crippen LogP contribution < -0.4 is 5.32 Å². The lowest BCUT2D eigenvalue weighted by Gasteiger charge is -2.31. The molecule has 1 amide bonds. The molecule has 21 heavy (non-hydrogen) atoms. The number of pyridine rings is 1. The van der Waals surface area contributed by atoms with E-state index in [0.717, 1.165) is 0 Å². The fourth-order valence-corrected chi connectivity index (χ4v) is 3.98. The number of rotatable bonds is 5. The zero-order chi connectivity index (χ0) is 15.3. The number of nitrogens with zero attached hydrogens (tertiary/aromatic N) is 2. The monoisotopic (exact) mass is 311 g/mol. The Labute approximate surface area is 125 Å². The Morgan fingerprint density at radius 3 is 2.52 bits per heavy atom. The Bertz CT molecular complexity index is 566. The van der Waals surface area contributed by atoms with Gasteiger partial charge in [-0.1, -0.05) is 6.92 Å². The van der Waals surface area contributed by atoms with Gasteiger partial charge in [-0.15, -0.1) is 0 Å². The van der Waals surface area contributed by atoms with Crippen LogP contribution in [0.2, 0.25) is 0 Å². The number of aromatic nitrogens is 1. The summed E-state index contributed by atoms with van der Waals surface area (Å²) in [5.41, 5.74) is 0.575. The topological polar surface area (TPSA) is 79.4 Å². The van der Waals surface area contributed by atoms with Gasteiger partial charge in [0.05, 0.1) is 5.75 Å². The number of carbonyl (C=O) groups excluding carboxylic acids is 1. The average Bonchev–Trinajstić information content (AvgIpc) is 2.48. The first-order valence-electron chi connectivity index (χ1n) is 7.21. The highest BCUT2D eigenvalue weighted by atomic mass is 32.2. The van der Waals surface area contributed by atoms with Crippen molar-refractivity contribution >= 4 is 15.9 Å². The predicted molar refractivity (Wildman–Crippen MR) is 80.4 cm³/mol. The maximum absolute atomic E-state index is 12.0. The first-order valence-corrected chi connectivity index (χ1v) is 8.82. The average molecular weight is 311 g/mol. The van der Waals surface area contributed by atoms with Gasteiger partial charge in [0, 0.05) is 37.1 Å². The summed E-state index contributed by atoms with van der Waals surface area (Å²) in [7, 11) is -3.13. The molecule has 2 heterocycles. The number of hydrogen-bond donors (Lipinski definition) is 1. The van der Waals surface area contributed by atoms with Gasteiger partial charge in [-0.2, -0.15) is 0 Å². The van der Waals surface area contributed by atoms with Gasteiger partial charge in [-0.3, -0.25) is 9.78 Å². The molecular weight excluding hydrogens is 290 g/mol. The van der Waals surface area contributed by atoms with Crippen LogP contribution in [-0.2, 0) is 10.0 Å². The van der Waals surface area contributed by atoms with E-state index in [4.69, 9.17) is 0 Å².